The van der Waals surface area contributed by atoms with Gasteiger partial charge in [-0.2, -0.15) is 4.89 Å². The molecule has 7 nitrogen and oxygen atoms in total. The van der Waals surface area contributed by atoms with Gasteiger partial charge in [-0.05, 0) is 25.3 Å². The second-order valence-electron chi connectivity index (χ2n) is 7.29. The lowest BCUT2D eigenvalue weighted by Gasteiger charge is -2.47. The van der Waals surface area contributed by atoms with E-state index in [4.69, 9.17) is 14.5 Å². The number of rotatable bonds is 6. The molecule has 0 aliphatic carbocycles. The van der Waals surface area contributed by atoms with E-state index in [1.54, 1.807) is 6.92 Å². The van der Waals surface area contributed by atoms with Crippen molar-refractivity contribution in [3.8, 4) is 0 Å². The van der Waals surface area contributed by atoms with Crippen molar-refractivity contribution in [3.05, 3.63) is 35.9 Å². The number of β-amino-alcohol motifs (C(OH)–C–C–N with tert-alkyl or cyclic N) is 1. The van der Waals surface area contributed by atoms with Crippen molar-refractivity contribution in [3.63, 3.8) is 0 Å². The van der Waals surface area contributed by atoms with E-state index in [-0.39, 0.29) is 26.1 Å². The van der Waals surface area contributed by atoms with Crippen LogP contribution in [0.5, 0.6) is 0 Å². The summed E-state index contributed by atoms with van der Waals surface area (Å²) in [6, 6.07) is 9.40. The lowest BCUT2D eigenvalue weighted by atomic mass is 9.70. The number of benzene rings is 1. The van der Waals surface area contributed by atoms with Crippen LogP contribution >= 0.6 is 0 Å². The topological polar surface area (TPSA) is 85.3 Å². The number of fused-ring (bicyclic) bond motifs is 1. The Balaban J connectivity index is 2.01. The van der Waals surface area contributed by atoms with Gasteiger partial charge >= 0.3 is 5.97 Å². The average molecular weight is 377 g/mol. The lowest BCUT2D eigenvalue weighted by molar-refractivity contribution is -0.501. The van der Waals surface area contributed by atoms with Gasteiger partial charge in [-0.3, -0.25) is 9.59 Å². The average Bonchev–Trinajstić information content (AvgIpc) is 2.90. The van der Waals surface area contributed by atoms with E-state index in [0.29, 0.717) is 12.8 Å². The molecular weight excluding hydrogens is 350 g/mol. The summed E-state index contributed by atoms with van der Waals surface area (Å²) in [6.45, 7) is 5.67. The van der Waals surface area contributed by atoms with Crippen LogP contribution in [0.4, 0.5) is 0 Å². The van der Waals surface area contributed by atoms with Gasteiger partial charge in [0, 0.05) is 13.0 Å². The Bertz CT molecular complexity index is 704. The molecule has 2 heterocycles. The summed E-state index contributed by atoms with van der Waals surface area (Å²) in [5, 5.41) is 11.2. The maximum absolute atomic E-state index is 13.4. The molecule has 2 aliphatic rings. The monoisotopic (exact) mass is 377 g/mol. The molecule has 1 amide bonds. The number of carbonyl (C=O) groups is 2. The summed E-state index contributed by atoms with van der Waals surface area (Å²) >= 11 is 0. The Morgan fingerprint density at radius 2 is 1.85 bits per heavy atom. The normalized spacial score (nSPS) is 29.5. The Kier molecular flexibility index (Phi) is 5.29. The molecule has 7 heteroatoms. The first kappa shape index (κ1) is 19.8. The van der Waals surface area contributed by atoms with Crippen LogP contribution in [0.1, 0.15) is 45.6 Å². The van der Waals surface area contributed by atoms with Crippen molar-refractivity contribution in [2.75, 3.05) is 13.2 Å². The Morgan fingerprint density at radius 1 is 1.19 bits per heavy atom. The highest BCUT2D eigenvalue weighted by molar-refractivity contribution is 6.06. The summed E-state index contributed by atoms with van der Waals surface area (Å²) < 4.78 is 5.22. The van der Waals surface area contributed by atoms with Crippen molar-refractivity contribution in [1.29, 1.82) is 0 Å². The Labute approximate surface area is 159 Å². The highest BCUT2D eigenvalue weighted by atomic mass is 17.2. The van der Waals surface area contributed by atoms with Gasteiger partial charge in [0.15, 0.2) is 0 Å². The summed E-state index contributed by atoms with van der Waals surface area (Å²) in [5.41, 5.74) is -1.77. The summed E-state index contributed by atoms with van der Waals surface area (Å²) in [4.78, 5) is 38.8. The second kappa shape index (κ2) is 7.22. The van der Waals surface area contributed by atoms with Crippen LogP contribution in [-0.2, 0) is 30.6 Å². The van der Waals surface area contributed by atoms with Gasteiger partial charge < -0.3 is 14.7 Å². The van der Waals surface area contributed by atoms with Gasteiger partial charge in [0.05, 0.1) is 13.2 Å². The second-order valence-corrected chi connectivity index (χ2v) is 7.29. The van der Waals surface area contributed by atoms with Crippen molar-refractivity contribution < 1.29 is 29.2 Å². The van der Waals surface area contributed by atoms with Crippen molar-refractivity contribution in [2.45, 2.75) is 58.0 Å². The third-order valence-corrected chi connectivity index (χ3v) is 5.80. The predicted molar refractivity (Wildman–Crippen MR) is 96.0 cm³/mol. The maximum Gasteiger partial charge on any atom is 0.327 e. The minimum atomic E-state index is -2.08. The van der Waals surface area contributed by atoms with E-state index >= 15 is 0 Å². The fourth-order valence-electron chi connectivity index (χ4n) is 4.01. The molecule has 0 bridgehead atoms. The summed E-state index contributed by atoms with van der Waals surface area (Å²) in [6.07, 6.45) is 1.09. The van der Waals surface area contributed by atoms with Gasteiger partial charge in [0.25, 0.3) is 0 Å². The van der Waals surface area contributed by atoms with Gasteiger partial charge in [-0.1, -0.05) is 44.2 Å². The zero-order chi connectivity index (χ0) is 19.7. The van der Waals surface area contributed by atoms with Crippen LogP contribution in [0.3, 0.4) is 0 Å². The van der Waals surface area contributed by atoms with E-state index in [1.807, 2.05) is 44.2 Å². The standard InChI is InChI=1S/C20H27NO6/c1-4-18(5-2)13-19(17(23)25-6-3)16(22)21(14-20(19,24)27-26-18)12-15-10-8-7-9-11-15/h7-11,24H,4-6,12-14H2,1-3H3/t19-,20+/m1/s1. The molecule has 1 N–H and O–H groups in total. The molecule has 1 aromatic carbocycles. The molecule has 0 aromatic heterocycles. The van der Waals surface area contributed by atoms with Crippen LogP contribution in [-0.4, -0.2) is 46.4 Å². The molecule has 0 saturated carbocycles. The van der Waals surface area contributed by atoms with Crippen LogP contribution < -0.4 is 0 Å². The molecule has 0 unspecified atom stereocenters. The van der Waals surface area contributed by atoms with Gasteiger partial charge in [-0.25, -0.2) is 4.89 Å². The molecule has 2 fully saturated rings. The third kappa shape index (κ3) is 3.03. The first-order chi connectivity index (χ1) is 12.9. The lowest BCUT2D eigenvalue weighted by Crippen LogP contribution is -2.64. The molecule has 0 spiro atoms. The molecule has 2 atom stereocenters. The number of ether oxygens (including phenoxy) is 1. The highest BCUT2D eigenvalue weighted by Crippen LogP contribution is 2.54. The van der Waals surface area contributed by atoms with E-state index in [0.717, 1.165) is 5.56 Å². The van der Waals surface area contributed by atoms with Gasteiger partial charge in [-0.15, -0.1) is 0 Å². The molecule has 1 aromatic rings. The first-order valence-electron chi connectivity index (χ1n) is 9.46. The number of nitrogens with zero attached hydrogens (tertiary/aromatic N) is 1. The number of hydrogen-bond acceptors (Lipinski definition) is 6. The molecule has 2 saturated heterocycles. The molecule has 148 valence electrons. The number of aliphatic hydroxyl groups is 1. The van der Waals surface area contributed by atoms with Crippen molar-refractivity contribution >= 4 is 11.9 Å². The number of amides is 1. The minimum absolute atomic E-state index is 0.0203. The number of hydrogen-bond donors (Lipinski definition) is 1. The highest BCUT2D eigenvalue weighted by Gasteiger charge is 2.75. The molecular formula is C20H27NO6. The Hall–Kier alpha value is -1.96. The summed E-state index contributed by atoms with van der Waals surface area (Å²) in [7, 11) is 0. The van der Waals surface area contributed by atoms with Crippen molar-refractivity contribution in [1.82, 2.24) is 4.90 Å². The maximum atomic E-state index is 13.4. The van der Waals surface area contributed by atoms with E-state index in [2.05, 4.69) is 0 Å². The fraction of sp³-hybridized carbons (Fsp3) is 0.600. The number of carbonyl (C=O) groups excluding carboxylic acids is 2. The zero-order valence-electron chi connectivity index (χ0n) is 16.1. The smallest absolute Gasteiger partial charge is 0.327 e. The fourth-order valence-corrected chi connectivity index (χ4v) is 4.01. The molecule has 0 radical (unpaired) electrons. The van der Waals surface area contributed by atoms with Crippen LogP contribution in [0, 0.1) is 5.41 Å². The van der Waals surface area contributed by atoms with Gasteiger partial charge in [0.2, 0.25) is 17.1 Å². The molecule has 27 heavy (non-hydrogen) atoms. The Morgan fingerprint density at radius 3 is 2.44 bits per heavy atom. The predicted octanol–water partition coefficient (Wildman–Crippen LogP) is 2.18. The first-order valence-corrected chi connectivity index (χ1v) is 9.46. The zero-order valence-corrected chi connectivity index (χ0v) is 16.1. The van der Waals surface area contributed by atoms with E-state index < -0.39 is 28.7 Å². The van der Waals surface area contributed by atoms with Gasteiger partial charge in [0.1, 0.15) is 5.60 Å². The van der Waals surface area contributed by atoms with Crippen LogP contribution in [0.2, 0.25) is 0 Å². The SMILES string of the molecule is CCOC(=O)[C@]12CC(CC)(CC)OO[C@@]1(O)CN(Cc1ccccc1)C2=O. The molecule has 2 aliphatic heterocycles. The van der Waals surface area contributed by atoms with Crippen LogP contribution in [0.25, 0.3) is 0 Å². The molecule has 3 rings (SSSR count). The van der Waals surface area contributed by atoms with Crippen LogP contribution in [0.15, 0.2) is 30.3 Å². The van der Waals surface area contributed by atoms with E-state index in [9.17, 15) is 14.7 Å². The largest absolute Gasteiger partial charge is 0.465 e. The quantitative estimate of drug-likeness (QED) is 0.465. The summed E-state index contributed by atoms with van der Waals surface area (Å²) in [5.74, 6) is -3.33. The third-order valence-electron chi connectivity index (χ3n) is 5.80. The van der Waals surface area contributed by atoms with E-state index in [1.165, 1.54) is 4.90 Å². The van der Waals surface area contributed by atoms with Crippen molar-refractivity contribution in [2.24, 2.45) is 5.41 Å². The number of likely N-dealkylation sites (tertiary alicyclic amines) is 1. The number of esters is 1. The minimum Gasteiger partial charge on any atom is -0.465 e.